The van der Waals surface area contributed by atoms with Gasteiger partial charge in [-0.05, 0) is 19.9 Å². The van der Waals surface area contributed by atoms with Crippen LogP contribution < -0.4 is 10.9 Å². The van der Waals surface area contributed by atoms with Crippen LogP contribution in [0.5, 0.6) is 0 Å². The summed E-state index contributed by atoms with van der Waals surface area (Å²) in [6, 6.07) is 12.5. The van der Waals surface area contributed by atoms with Gasteiger partial charge >= 0.3 is 6.09 Å². The van der Waals surface area contributed by atoms with Crippen LogP contribution in [0.3, 0.4) is 0 Å². The van der Waals surface area contributed by atoms with Gasteiger partial charge in [-0.1, -0.05) is 30.3 Å². The van der Waals surface area contributed by atoms with Gasteiger partial charge in [0.1, 0.15) is 0 Å². The van der Waals surface area contributed by atoms with Crippen LogP contribution in [0.1, 0.15) is 19.9 Å². The van der Waals surface area contributed by atoms with Crippen molar-refractivity contribution in [2.75, 3.05) is 12.4 Å². The van der Waals surface area contributed by atoms with Crippen molar-refractivity contribution in [3.05, 3.63) is 59.0 Å². The van der Waals surface area contributed by atoms with Crippen LogP contribution in [0, 0.1) is 0 Å². The fraction of sp³-hybridized carbons (Fsp3) is 0.211. The van der Waals surface area contributed by atoms with Crippen molar-refractivity contribution in [2.24, 2.45) is 0 Å². The smallest absolute Gasteiger partial charge is 0.413 e. The molecule has 0 saturated heterocycles. The summed E-state index contributed by atoms with van der Waals surface area (Å²) in [5, 5.41) is 6.91. The van der Waals surface area contributed by atoms with Crippen molar-refractivity contribution in [3.63, 3.8) is 0 Å². The number of hydrogen-bond donors (Lipinski definition) is 1. The van der Waals surface area contributed by atoms with Crippen LogP contribution in [0.15, 0.2) is 53.5 Å². The van der Waals surface area contributed by atoms with Crippen LogP contribution in [0.2, 0.25) is 0 Å². The normalized spacial score (nSPS) is 10.7. The van der Waals surface area contributed by atoms with E-state index in [0.29, 0.717) is 17.0 Å². The zero-order valence-corrected chi connectivity index (χ0v) is 15.2. The number of ether oxygens (including phenoxy) is 1. The molecule has 0 unspecified atom stereocenters. The summed E-state index contributed by atoms with van der Waals surface area (Å²) >= 11 is 0. The highest BCUT2D eigenvalue weighted by Gasteiger charge is 2.15. The van der Waals surface area contributed by atoms with Crippen LogP contribution in [0.4, 0.5) is 10.7 Å². The van der Waals surface area contributed by atoms with Gasteiger partial charge in [0.05, 0.1) is 24.5 Å². The van der Waals surface area contributed by atoms with Crippen LogP contribution >= 0.6 is 0 Å². The van der Waals surface area contributed by atoms with E-state index in [2.05, 4.69) is 25.1 Å². The molecule has 27 heavy (non-hydrogen) atoms. The Balaban J connectivity index is 2.16. The highest BCUT2D eigenvalue weighted by molar-refractivity contribution is 5.84. The molecule has 0 aliphatic carbocycles. The second-order valence-corrected chi connectivity index (χ2v) is 6.03. The van der Waals surface area contributed by atoms with E-state index in [-0.39, 0.29) is 17.5 Å². The quantitative estimate of drug-likeness (QED) is 0.763. The number of benzene rings is 1. The van der Waals surface area contributed by atoms with Gasteiger partial charge in [0.25, 0.3) is 5.56 Å². The molecule has 8 heteroatoms. The first-order valence-electron chi connectivity index (χ1n) is 8.37. The minimum atomic E-state index is -0.659. The standard InChI is InChI=1S/C19H19N5O3/c1-12(2)24-16(25)10-9-15(23-24)14-11-20-18(22-19(26)27-3)21-17(14)13-7-5-4-6-8-13/h4-12H,1-3H3,(H,20,21,22,26). The summed E-state index contributed by atoms with van der Waals surface area (Å²) in [6.45, 7) is 3.77. The number of carbonyl (C=O) groups is 1. The minimum absolute atomic E-state index is 0.0844. The summed E-state index contributed by atoms with van der Waals surface area (Å²) in [6.07, 6.45) is 0.909. The molecule has 3 rings (SSSR count). The zero-order valence-electron chi connectivity index (χ0n) is 15.2. The SMILES string of the molecule is COC(=O)Nc1ncc(-c2ccc(=O)n(C(C)C)n2)c(-c2ccccc2)n1. The zero-order chi connectivity index (χ0) is 19.4. The van der Waals surface area contributed by atoms with Crippen molar-refractivity contribution in [1.29, 1.82) is 0 Å². The van der Waals surface area contributed by atoms with E-state index >= 15 is 0 Å². The average molecular weight is 365 g/mol. The van der Waals surface area contributed by atoms with E-state index in [9.17, 15) is 9.59 Å². The number of aromatic nitrogens is 4. The topological polar surface area (TPSA) is 99.0 Å². The van der Waals surface area contributed by atoms with E-state index in [0.717, 1.165) is 5.56 Å². The van der Waals surface area contributed by atoms with Crippen molar-refractivity contribution < 1.29 is 9.53 Å². The number of rotatable bonds is 4. The molecule has 3 aromatic rings. The van der Waals surface area contributed by atoms with Gasteiger partial charge in [0, 0.05) is 23.4 Å². The Hall–Kier alpha value is -3.55. The van der Waals surface area contributed by atoms with E-state index in [4.69, 9.17) is 0 Å². The predicted molar refractivity (Wildman–Crippen MR) is 101 cm³/mol. The van der Waals surface area contributed by atoms with Crippen molar-refractivity contribution in [3.8, 4) is 22.5 Å². The Kier molecular flexibility index (Phi) is 5.25. The van der Waals surface area contributed by atoms with E-state index in [1.54, 1.807) is 12.3 Å². The lowest BCUT2D eigenvalue weighted by atomic mass is 10.0. The summed E-state index contributed by atoms with van der Waals surface area (Å²) in [5.74, 6) is 0.113. The molecule has 0 fully saturated rings. The lowest BCUT2D eigenvalue weighted by Gasteiger charge is -2.13. The molecule has 138 valence electrons. The van der Waals surface area contributed by atoms with E-state index in [1.165, 1.54) is 17.9 Å². The summed E-state index contributed by atoms with van der Waals surface area (Å²) in [5.41, 5.74) is 2.43. The van der Waals surface area contributed by atoms with Gasteiger partial charge in [-0.15, -0.1) is 0 Å². The third-order valence-corrected chi connectivity index (χ3v) is 3.83. The molecular weight excluding hydrogens is 346 g/mol. The van der Waals surface area contributed by atoms with Gasteiger partial charge in [0.2, 0.25) is 5.95 Å². The maximum absolute atomic E-state index is 12.0. The van der Waals surface area contributed by atoms with E-state index in [1.807, 2.05) is 44.2 Å². The molecule has 0 atom stereocenters. The third-order valence-electron chi connectivity index (χ3n) is 3.83. The number of hydrogen-bond acceptors (Lipinski definition) is 6. The molecule has 2 aromatic heterocycles. The number of methoxy groups -OCH3 is 1. The molecule has 1 aromatic carbocycles. The fourth-order valence-electron chi connectivity index (χ4n) is 2.53. The third kappa shape index (κ3) is 4.00. The predicted octanol–water partition coefficient (Wildman–Crippen LogP) is 3.13. The maximum Gasteiger partial charge on any atom is 0.413 e. The number of nitrogens with zero attached hydrogens (tertiary/aromatic N) is 4. The van der Waals surface area contributed by atoms with Crippen LogP contribution in [-0.2, 0) is 4.74 Å². The summed E-state index contributed by atoms with van der Waals surface area (Å²) in [7, 11) is 1.26. The number of nitrogens with one attached hydrogen (secondary N) is 1. The molecule has 8 nitrogen and oxygen atoms in total. The fourth-order valence-corrected chi connectivity index (χ4v) is 2.53. The van der Waals surface area contributed by atoms with Crippen LogP contribution in [-0.4, -0.2) is 33.0 Å². The first-order chi connectivity index (χ1) is 13.0. The molecule has 0 radical (unpaired) electrons. The number of carbonyl (C=O) groups excluding carboxylic acids is 1. The molecule has 1 amide bonds. The Morgan fingerprint density at radius 3 is 2.56 bits per heavy atom. The maximum atomic E-state index is 12.0. The molecule has 0 aliphatic heterocycles. The van der Waals surface area contributed by atoms with Crippen molar-refractivity contribution in [2.45, 2.75) is 19.9 Å². The molecule has 1 N–H and O–H groups in total. The molecule has 0 saturated carbocycles. The van der Waals surface area contributed by atoms with Gasteiger partial charge in [0.15, 0.2) is 0 Å². The van der Waals surface area contributed by atoms with E-state index < -0.39 is 6.09 Å². The molecule has 2 heterocycles. The summed E-state index contributed by atoms with van der Waals surface area (Å²) < 4.78 is 6.00. The Bertz CT molecular complexity index is 1020. The second kappa shape index (κ2) is 7.77. The average Bonchev–Trinajstić information content (AvgIpc) is 2.69. The van der Waals surface area contributed by atoms with Gasteiger partial charge in [-0.3, -0.25) is 10.1 Å². The Morgan fingerprint density at radius 1 is 1.15 bits per heavy atom. The monoisotopic (exact) mass is 365 g/mol. The van der Waals surface area contributed by atoms with Gasteiger partial charge in [-0.25, -0.2) is 19.4 Å². The molecule has 0 bridgehead atoms. The lowest BCUT2D eigenvalue weighted by Crippen LogP contribution is -2.24. The van der Waals surface area contributed by atoms with Gasteiger partial charge in [-0.2, -0.15) is 5.10 Å². The first kappa shape index (κ1) is 18.2. The number of amides is 1. The van der Waals surface area contributed by atoms with Gasteiger partial charge < -0.3 is 4.74 Å². The van der Waals surface area contributed by atoms with Crippen molar-refractivity contribution in [1.82, 2.24) is 19.7 Å². The first-order valence-corrected chi connectivity index (χ1v) is 8.37. The second-order valence-electron chi connectivity index (χ2n) is 6.03. The largest absolute Gasteiger partial charge is 0.453 e. The summed E-state index contributed by atoms with van der Waals surface area (Å²) in [4.78, 5) is 32.1. The number of anilines is 1. The Morgan fingerprint density at radius 2 is 1.89 bits per heavy atom. The minimum Gasteiger partial charge on any atom is -0.453 e. The molecule has 0 spiro atoms. The van der Waals surface area contributed by atoms with Crippen molar-refractivity contribution >= 4 is 12.0 Å². The Labute approximate surface area is 155 Å². The molecular formula is C19H19N5O3. The van der Waals surface area contributed by atoms with Crippen LogP contribution in [0.25, 0.3) is 22.5 Å². The highest BCUT2D eigenvalue weighted by atomic mass is 16.5. The highest BCUT2D eigenvalue weighted by Crippen LogP contribution is 2.29. The molecule has 0 aliphatic rings. The lowest BCUT2D eigenvalue weighted by molar-refractivity contribution is 0.186.